The van der Waals surface area contributed by atoms with Gasteiger partial charge in [-0.25, -0.2) is 0 Å². The second-order valence-electron chi connectivity index (χ2n) is 5.93. The van der Waals surface area contributed by atoms with Crippen molar-refractivity contribution in [1.29, 1.82) is 0 Å². The summed E-state index contributed by atoms with van der Waals surface area (Å²) >= 11 is 14.0. The van der Waals surface area contributed by atoms with Crippen molar-refractivity contribution in [2.75, 3.05) is 23.0 Å². The third-order valence-corrected chi connectivity index (χ3v) is 6.08. The molecule has 3 rings (SSSR count). The first-order valence-corrected chi connectivity index (χ1v) is 11.2. The van der Waals surface area contributed by atoms with Crippen LogP contribution in [-0.2, 0) is 9.59 Å². The number of anilines is 2. The molecule has 1 heterocycles. The summed E-state index contributed by atoms with van der Waals surface area (Å²) in [7, 11) is 0. The lowest BCUT2D eigenvalue weighted by Gasteiger charge is -2.07. The van der Waals surface area contributed by atoms with Crippen LogP contribution >= 0.6 is 46.3 Å². The molecular formula is C18H13Cl2N5O5S2. The quantitative estimate of drug-likeness (QED) is 0.184. The maximum atomic E-state index is 12.1. The van der Waals surface area contributed by atoms with Crippen molar-refractivity contribution < 1.29 is 19.2 Å². The fourth-order valence-electron chi connectivity index (χ4n) is 2.23. The van der Waals surface area contributed by atoms with E-state index in [9.17, 15) is 19.7 Å². The maximum absolute atomic E-state index is 12.1. The van der Waals surface area contributed by atoms with E-state index < -0.39 is 10.8 Å². The molecule has 3 aromatic rings. The van der Waals surface area contributed by atoms with Gasteiger partial charge in [0.05, 0.1) is 15.7 Å². The lowest BCUT2D eigenvalue weighted by molar-refractivity contribution is -0.384. The minimum absolute atomic E-state index is 0.00342. The summed E-state index contributed by atoms with van der Waals surface area (Å²) in [6.45, 7) is -0.297. The zero-order chi connectivity index (χ0) is 23.1. The SMILES string of the molecule is O=C(CSc1nnc(NC(=O)COc2ccc(Cl)cc2Cl)s1)Nc1cccc([N+](=O)[O-])c1. The Morgan fingerprint density at radius 1 is 1.12 bits per heavy atom. The van der Waals surface area contributed by atoms with Crippen LogP contribution in [0.15, 0.2) is 46.8 Å². The van der Waals surface area contributed by atoms with Crippen LogP contribution < -0.4 is 15.4 Å². The lowest BCUT2D eigenvalue weighted by Crippen LogP contribution is -2.20. The van der Waals surface area contributed by atoms with E-state index >= 15 is 0 Å². The molecule has 0 saturated carbocycles. The van der Waals surface area contributed by atoms with Crippen molar-refractivity contribution in [3.63, 3.8) is 0 Å². The zero-order valence-electron chi connectivity index (χ0n) is 15.9. The maximum Gasteiger partial charge on any atom is 0.271 e. The highest BCUT2D eigenvalue weighted by atomic mass is 35.5. The second kappa shape index (κ2) is 11.1. The molecule has 166 valence electrons. The third-order valence-electron chi connectivity index (χ3n) is 3.57. The van der Waals surface area contributed by atoms with E-state index in [2.05, 4.69) is 20.8 Å². The summed E-state index contributed by atoms with van der Waals surface area (Å²) in [6.07, 6.45) is 0. The van der Waals surface area contributed by atoms with Gasteiger partial charge in [0.2, 0.25) is 11.0 Å². The molecule has 0 bridgehead atoms. The number of carbonyl (C=O) groups is 2. The summed E-state index contributed by atoms with van der Waals surface area (Å²) < 4.78 is 5.80. The molecule has 2 aromatic carbocycles. The van der Waals surface area contributed by atoms with Gasteiger partial charge in [-0.3, -0.25) is 25.0 Å². The summed E-state index contributed by atoms with van der Waals surface area (Å²) in [6, 6.07) is 10.3. The number of rotatable bonds is 9. The van der Waals surface area contributed by atoms with Gasteiger partial charge in [-0.05, 0) is 24.3 Å². The molecule has 0 fully saturated rings. The van der Waals surface area contributed by atoms with Gasteiger partial charge in [0.15, 0.2) is 10.9 Å². The fraction of sp³-hybridized carbons (Fsp3) is 0.111. The minimum atomic E-state index is -0.545. The molecule has 0 spiro atoms. The molecule has 0 unspecified atom stereocenters. The number of non-ortho nitro benzene ring substituents is 1. The number of nitro groups is 1. The molecule has 0 radical (unpaired) electrons. The number of nitrogens with one attached hydrogen (secondary N) is 2. The number of hydrogen-bond donors (Lipinski definition) is 2. The molecule has 0 aliphatic rings. The smallest absolute Gasteiger partial charge is 0.271 e. The summed E-state index contributed by atoms with van der Waals surface area (Å²) in [5, 5.41) is 24.6. The predicted octanol–water partition coefficient (Wildman–Crippen LogP) is 4.50. The number of ether oxygens (including phenoxy) is 1. The van der Waals surface area contributed by atoms with E-state index in [1.165, 1.54) is 24.3 Å². The Bertz CT molecular complexity index is 1160. The van der Waals surface area contributed by atoms with Gasteiger partial charge in [0.25, 0.3) is 11.6 Å². The number of amides is 2. The van der Waals surface area contributed by atoms with E-state index in [0.29, 0.717) is 20.8 Å². The van der Waals surface area contributed by atoms with Crippen LogP contribution in [0.2, 0.25) is 10.0 Å². The summed E-state index contributed by atoms with van der Waals surface area (Å²) in [5.41, 5.74) is 0.193. The first-order valence-electron chi connectivity index (χ1n) is 8.68. The third kappa shape index (κ3) is 7.05. The molecule has 0 atom stereocenters. The Balaban J connectivity index is 1.45. The van der Waals surface area contributed by atoms with Crippen LogP contribution in [0.4, 0.5) is 16.5 Å². The van der Waals surface area contributed by atoms with E-state index in [-0.39, 0.29) is 34.1 Å². The van der Waals surface area contributed by atoms with Crippen LogP contribution in [0, 0.1) is 10.1 Å². The molecule has 0 saturated heterocycles. The number of nitrogens with zero attached hydrogens (tertiary/aromatic N) is 3. The number of nitro benzene ring substituents is 1. The van der Waals surface area contributed by atoms with Crippen molar-refractivity contribution in [3.05, 3.63) is 62.6 Å². The first kappa shape index (κ1) is 23.7. The van der Waals surface area contributed by atoms with Crippen LogP contribution in [0.3, 0.4) is 0 Å². The fourth-order valence-corrected chi connectivity index (χ4v) is 4.26. The van der Waals surface area contributed by atoms with Gasteiger partial charge in [0.1, 0.15) is 5.75 Å². The van der Waals surface area contributed by atoms with E-state index in [1.807, 2.05) is 0 Å². The van der Waals surface area contributed by atoms with Gasteiger partial charge in [0, 0.05) is 22.8 Å². The molecule has 32 heavy (non-hydrogen) atoms. The second-order valence-corrected chi connectivity index (χ2v) is 8.97. The van der Waals surface area contributed by atoms with Gasteiger partial charge in [-0.1, -0.05) is 52.4 Å². The van der Waals surface area contributed by atoms with Crippen LogP contribution in [0.1, 0.15) is 0 Å². The molecule has 0 aliphatic carbocycles. The van der Waals surface area contributed by atoms with Crippen molar-refractivity contribution in [1.82, 2.24) is 10.2 Å². The number of halogens is 2. The standard InChI is InChI=1S/C18H13Cl2N5O5S2/c19-10-4-5-14(13(20)6-10)30-8-15(26)22-17-23-24-18(32-17)31-9-16(27)21-11-2-1-3-12(7-11)25(28)29/h1-7H,8-9H2,(H,21,27)(H,22,23,26). The van der Waals surface area contributed by atoms with Crippen molar-refractivity contribution in [2.24, 2.45) is 0 Å². The summed E-state index contributed by atoms with van der Waals surface area (Å²) in [5.74, 6) is -0.519. The number of hydrogen-bond acceptors (Lipinski definition) is 9. The van der Waals surface area contributed by atoms with E-state index in [0.717, 1.165) is 23.1 Å². The molecule has 0 aliphatic heterocycles. The van der Waals surface area contributed by atoms with Crippen molar-refractivity contribution in [3.8, 4) is 5.75 Å². The number of carbonyl (C=O) groups excluding carboxylic acids is 2. The Hall–Kier alpha value is -2.93. The predicted molar refractivity (Wildman–Crippen MR) is 123 cm³/mol. The van der Waals surface area contributed by atoms with Crippen molar-refractivity contribution in [2.45, 2.75) is 4.34 Å². The molecule has 2 amide bonds. The zero-order valence-corrected chi connectivity index (χ0v) is 19.1. The van der Waals surface area contributed by atoms with Crippen LogP contribution in [0.25, 0.3) is 0 Å². The topological polar surface area (TPSA) is 136 Å². The molecule has 10 nitrogen and oxygen atoms in total. The molecule has 14 heteroatoms. The van der Waals surface area contributed by atoms with Gasteiger partial charge in [-0.15, -0.1) is 10.2 Å². The monoisotopic (exact) mass is 513 g/mol. The molecular weight excluding hydrogens is 501 g/mol. The Labute approximate surface area is 199 Å². The number of thioether (sulfide) groups is 1. The Kier molecular flexibility index (Phi) is 8.22. The van der Waals surface area contributed by atoms with Crippen LogP contribution in [0.5, 0.6) is 5.75 Å². The van der Waals surface area contributed by atoms with Crippen molar-refractivity contribution >= 4 is 74.6 Å². The normalized spacial score (nSPS) is 10.4. The summed E-state index contributed by atoms with van der Waals surface area (Å²) in [4.78, 5) is 34.4. The lowest BCUT2D eigenvalue weighted by atomic mass is 10.3. The largest absolute Gasteiger partial charge is 0.482 e. The average molecular weight is 514 g/mol. The number of benzene rings is 2. The number of aromatic nitrogens is 2. The molecule has 1 aromatic heterocycles. The molecule has 2 N–H and O–H groups in total. The van der Waals surface area contributed by atoms with Crippen LogP contribution in [-0.4, -0.2) is 39.3 Å². The van der Waals surface area contributed by atoms with E-state index in [1.54, 1.807) is 18.2 Å². The first-order chi connectivity index (χ1) is 15.3. The highest BCUT2D eigenvalue weighted by molar-refractivity contribution is 8.01. The highest BCUT2D eigenvalue weighted by Crippen LogP contribution is 2.28. The van der Waals surface area contributed by atoms with E-state index in [4.69, 9.17) is 27.9 Å². The Morgan fingerprint density at radius 2 is 1.94 bits per heavy atom. The van der Waals surface area contributed by atoms with Gasteiger partial charge in [-0.2, -0.15) is 0 Å². The van der Waals surface area contributed by atoms with Gasteiger partial charge >= 0.3 is 0 Å². The minimum Gasteiger partial charge on any atom is -0.482 e. The average Bonchev–Trinajstić information content (AvgIpc) is 3.19. The Morgan fingerprint density at radius 3 is 2.69 bits per heavy atom. The highest BCUT2D eigenvalue weighted by Gasteiger charge is 2.13. The van der Waals surface area contributed by atoms with Gasteiger partial charge < -0.3 is 10.1 Å².